The number of anilines is 1. The number of methoxy groups -OCH3 is 1. The fourth-order valence-electron chi connectivity index (χ4n) is 4.39. The van der Waals surface area contributed by atoms with Gasteiger partial charge >= 0.3 is 5.97 Å². The quantitative estimate of drug-likeness (QED) is 0.563. The van der Waals surface area contributed by atoms with Crippen LogP contribution in [0, 0.1) is 5.92 Å². The van der Waals surface area contributed by atoms with Gasteiger partial charge in [-0.1, -0.05) is 0 Å². The van der Waals surface area contributed by atoms with Crippen molar-refractivity contribution in [1.29, 1.82) is 0 Å². The second-order valence-electron chi connectivity index (χ2n) is 9.02. The number of nitrogens with zero attached hydrogens (tertiary/aromatic N) is 3. The summed E-state index contributed by atoms with van der Waals surface area (Å²) in [5.74, 6) is -1.47. The van der Waals surface area contributed by atoms with Crippen molar-refractivity contribution in [2.45, 2.75) is 31.8 Å². The minimum atomic E-state index is -0.881. The van der Waals surface area contributed by atoms with Gasteiger partial charge in [0, 0.05) is 44.4 Å². The smallest absolute Gasteiger partial charge is 0.328 e. The summed E-state index contributed by atoms with van der Waals surface area (Å²) in [7, 11) is 5.10. The number of hydrogen-bond acceptors (Lipinski definition) is 7. The van der Waals surface area contributed by atoms with Crippen molar-refractivity contribution < 1.29 is 23.9 Å². The predicted octanol–water partition coefficient (Wildman–Crippen LogP) is 0.0829. The number of benzene rings is 1. The Bertz CT molecular complexity index is 898. The van der Waals surface area contributed by atoms with E-state index in [0.717, 1.165) is 18.8 Å². The molecule has 0 spiro atoms. The zero-order valence-corrected chi connectivity index (χ0v) is 20.4. The average molecular weight is 474 g/mol. The molecule has 34 heavy (non-hydrogen) atoms. The number of piperazine rings is 1. The summed E-state index contributed by atoms with van der Waals surface area (Å²) in [5.41, 5.74) is 1.49. The summed E-state index contributed by atoms with van der Waals surface area (Å²) < 4.78 is 4.70. The van der Waals surface area contributed by atoms with Crippen molar-refractivity contribution in [2.75, 3.05) is 58.8 Å². The van der Waals surface area contributed by atoms with Crippen LogP contribution in [0.1, 0.15) is 30.1 Å². The van der Waals surface area contributed by atoms with E-state index in [0.29, 0.717) is 24.9 Å². The van der Waals surface area contributed by atoms with Crippen LogP contribution in [0.4, 0.5) is 5.69 Å². The largest absolute Gasteiger partial charge is 0.467 e. The highest BCUT2D eigenvalue weighted by Crippen LogP contribution is 2.22. The first kappa shape index (κ1) is 25.5. The van der Waals surface area contributed by atoms with Crippen molar-refractivity contribution in [3.05, 3.63) is 29.8 Å². The summed E-state index contributed by atoms with van der Waals surface area (Å²) in [4.78, 5) is 56.6. The van der Waals surface area contributed by atoms with Crippen LogP contribution in [0.2, 0.25) is 0 Å². The van der Waals surface area contributed by atoms with Gasteiger partial charge < -0.3 is 30.1 Å². The van der Waals surface area contributed by atoms with Crippen LogP contribution in [0.25, 0.3) is 0 Å². The van der Waals surface area contributed by atoms with E-state index in [-0.39, 0.29) is 30.8 Å². The summed E-state index contributed by atoms with van der Waals surface area (Å²) >= 11 is 0. The minimum Gasteiger partial charge on any atom is -0.467 e. The molecule has 10 heteroatoms. The van der Waals surface area contributed by atoms with Gasteiger partial charge in [0.2, 0.25) is 11.8 Å². The molecule has 2 heterocycles. The molecule has 10 nitrogen and oxygen atoms in total. The molecule has 0 aliphatic carbocycles. The van der Waals surface area contributed by atoms with E-state index in [1.807, 2.05) is 31.1 Å². The van der Waals surface area contributed by atoms with Crippen LogP contribution in [0.3, 0.4) is 0 Å². The number of ether oxygens (including phenoxy) is 1. The topological polar surface area (TPSA) is 111 Å². The molecule has 2 fully saturated rings. The fraction of sp³-hybridized carbons (Fsp3) is 0.583. The molecule has 2 aliphatic heterocycles. The van der Waals surface area contributed by atoms with E-state index in [9.17, 15) is 19.2 Å². The minimum absolute atomic E-state index is 0.0602. The molecule has 1 aromatic carbocycles. The lowest BCUT2D eigenvalue weighted by molar-refractivity contribution is -0.149. The SMILES string of the molecule is COC(=O)[C@@H](C)NC(=O)[C@H]1CN(C(=O)c2ccc(N(C)C)cc2)CCN1C(=O)C1CCNCC1. The molecule has 3 amide bonds. The number of amides is 3. The normalized spacial score (nSPS) is 19.8. The first-order valence-electron chi connectivity index (χ1n) is 11.7. The Labute approximate surface area is 200 Å². The maximum absolute atomic E-state index is 13.3. The van der Waals surface area contributed by atoms with Gasteiger partial charge in [0.15, 0.2) is 0 Å². The van der Waals surface area contributed by atoms with Crippen molar-refractivity contribution in [3.63, 3.8) is 0 Å². The van der Waals surface area contributed by atoms with E-state index in [1.165, 1.54) is 14.0 Å². The second kappa shape index (κ2) is 11.3. The summed E-state index contributed by atoms with van der Waals surface area (Å²) in [5, 5.41) is 5.89. The molecule has 2 saturated heterocycles. The standard InChI is InChI=1S/C24H35N5O5/c1-16(24(33)34-4)26-21(30)20-15-28(22(31)17-5-7-19(8-6-17)27(2)3)13-14-29(20)23(32)18-9-11-25-12-10-18/h5-8,16,18,20,25H,9-15H2,1-4H3,(H,26,30)/t16-,20-/m1/s1. The first-order chi connectivity index (χ1) is 16.2. The zero-order chi connectivity index (χ0) is 24.8. The van der Waals surface area contributed by atoms with Crippen LogP contribution in [-0.2, 0) is 19.1 Å². The van der Waals surface area contributed by atoms with Crippen LogP contribution in [0.5, 0.6) is 0 Å². The molecule has 2 aliphatic rings. The number of piperidine rings is 1. The summed E-state index contributed by atoms with van der Waals surface area (Å²) in [6, 6.07) is 5.52. The third kappa shape index (κ3) is 5.85. The zero-order valence-electron chi connectivity index (χ0n) is 20.4. The first-order valence-corrected chi connectivity index (χ1v) is 11.7. The molecule has 0 radical (unpaired) electrons. The van der Waals surface area contributed by atoms with Gasteiger partial charge in [0.1, 0.15) is 12.1 Å². The predicted molar refractivity (Wildman–Crippen MR) is 127 cm³/mol. The molecule has 0 unspecified atom stereocenters. The number of rotatable bonds is 6. The van der Waals surface area contributed by atoms with Gasteiger partial charge in [-0.05, 0) is 57.1 Å². The monoisotopic (exact) mass is 473 g/mol. The van der Waals surface area contributed by atoms with Gasteiger partial charge in [0.25, 0.3) is 5.91 Å². The number of hydrogen-bond donors (Lipinski definition) is 2. The number of carbonyl (C=O) groups is 4. The lowest BCUT2D eigenvalue weighted by Crippen LogP contribution is -2.63. The van der Waals surface area contributed by atoms with E-state index >= 15 is 0 Å². The lowest BCUT2D eigenvalue weighted by Gasteiger charge is -2.42. The molecule has 0 aromatic heterocycles. The van der Waals surface area contributed by atoms with E-state index in [4.69, 9.17) is 4.74 Å². The highest BCUT2D eigenvalue weighted by Gasteiger charge is 2.40. The Balaban J connectivity index is 1.78. The van der Waals surface area contributed by atoms with Crippen LogP contribution in [0.15, 0.2) is 24.3 Å². The van der Waals surface area contributed by atoms with Gasteiger partial charge in [-0.25, -0.2) is 4.79 Å². The van der Waals surface area contributed by atoms with E-state index in [1.54, 1.807) is 21.9 Å². The molecular weight excluding hydrogens is 438 g/mol. The van der Waals surface area contributed by atoms with Crippen molar-refractivity contribution in [1.82, 2.24) is 20.4 Å². The summed E-state index contributed by atoms with van der Waals surface area (Å²) in [6.07, 6.45) is 1.42. The third-order valence-electron chi connectivity index (χ3n) is 6.49. The Morgan fingerprint density at radius 3 is 2.32 bits per heavy atom. The summed E-state index contributed by atoms with van der Waals surface area (Å²) in [6.45, 7) is 3.70. The maximum Gasteiger partial charge on any atom is 0.328 e. The van der Waals surface area contributed by atoms with Crippen molar-refractivity contribution >= 4 is 29.4 Å². The lowest BCUT2D eigenvalue weighted by atomic mass is 9.95. The van der Waals surface area contributed by atoms with Crippen LogP contribution in [-0.4, -0.2) is 99.5 Å². The Morgan fingerprint density at radius 1 is 1.09 bits per heavy atom. The van der Waals surface area contributed by atoms with Crippen molar-refractivity contribution in [2.24, 2.45) is 5.92 Å². The van der Waals surface area contributed by atoms with Crippen LogP contribution >= 0.6 is 0 Å². The Hall–Kier alpha value is -3.14. The molecule has 0 saturated carbocycles. The number of carbonyl (C=O) groups excluding carboxylic acids is 4. The second-order valence-corrected chi connectivity index (χ2v) is 9.02. The average Bonchev–Trinajstić information content (AvgIpc) is 2.87. The maximum atomic E-state index is 13.3. The van der Waals surface area contributed by atoms with Gasteiger partial charge in [-0.2, -0.15) is 0 Å². The molecular formula is C24H35N5O5. The van der Waals surface area contributed by atoms with E-state index < -0.39 is 24.0 Å². The van der Waals surface area contributed by atoms with Gasteiger partial charge in [-0.3, -0.25) is 14.4 Å². The number of nitrogens with one attached hydrogen (secondary N) is 2. The molecule has 2 atom stereocenters. The Kier molecular flexibility index (Phi) is 8.49. The van der Waals surface area contributed by atoms with Crippen molar-refractivity contribution in [3.8, 4) is 0 Å². The fourth-order valence-corrected chi connectivity index (χ4v) is 4.39. The van der Waals surface area contributed by atoms with E-state index in [2.05, 4.69) is 10.6 Å². The highest BCUT2D eigenvalue weighted by molar-refractivity contribution is 5.96. The van der Waals surface area contributed by atoms with Crippen LogP contribution < -0.4 is 15.5 Å². The molecule has 2 N–H and O–H groups in total. The molecule has 186 valence electrons. The third-order valence-corrected chi connectivity index (χ3v) is 6.49. The molecule has 0 bridgehead atoms. The highest BCUT2D eigenvalue weighted by atomic mass is 16.5. The van der Waals surface area contributed by atoms with Gasteiger partial charge in [-0.15, -0.1) is 0 Å². The molecule has 1 aromatic rings. The van der Waals surface area contributed by atoms with Gasteiger partial charge in [0.05, 0.1) is 13.7 Å². The molecule has 3 rings (SSSR count). The Morgan fingerprint density at radius 2 is 1.74 bits per heavy atom. The number of esters is 1.